The third-order valence-corrected chi connectivity index (χ3v) is 1.26. The molecule has 2 atom stereocenters. The summed E-state index contributed by atoms with van der Waals surface area (Å²) in [4.78, 5) is 20.9. The number of primary amides is 1. The Balaban J connectivity index is 4.12. The molecule has 0 saturated heterocycles. The zero-order valence-corrected chi connectivity index (χ0v) is 6.84. The van der Waals surface area contributed by atoms with Gasteiger partial charge in [0.25, 0.3) is 0 Å². The molecular weight excluding hydrogens is 168 g/mol. The number of carbonyl (C=O) groups is 2. The van der Waals surface area contributed by atoms with Crippen molar-refractivity contribution in [1.29, 1.82) is 0 Å². The molecule has 0 aliphatic heterocycles. The molecule has 0 bridgehead atoms. The van der Waals surface area contributed by atoms with Crippen LogP contribution in [0.3, 0.4) is 0 Å². The molecule has 0 aliphatic rings. The van der Waals surface area contributed by atoms with E-state index in [-0.39, 0.29) is 0 Å². The number of nitrogens with two attached hydrogens (primary N) is 1. The number of amides is 2. The molecule has 0 radical (unpaired) electrons. The third-order valence-electron chi connectivity index (χ3n) is 0.963. The molecule has 0 heterocycles. The smallest absolute Gasteiger partial charge is 0.243 e. The highest BCUT2D eigenvalue weighted by molar-refractivity contribution is 7.80. The Morgan fingerprint density at radius 3 is 2.18 bits per heavy atom. The second-order valence-corrected chi connectivity index (χ2v) is 2.52. The number of hydrogen-bond acceptors (Lipinski definition) is 4. The quantitative estimate of drug-likeness (QED) is 0.304. The highest BCUT2D eigenvalue weighted by Crippen LogP contribution is 1.96. The monoisotopic (exact) mass is 178 g/mol. The zero-order chi connectivity index (χ0) is 9.02. The van der Waals surface area contributed by atoms with Crippen LogP contribution in [0.5, 0.6) is 0 Å². The van der Waals surface area contributed by atoms with E-state index in [0.29, 0.717) is 0 Å². The summed E-state index contributed by atoms with van der Waals surface area (Å²) < 4.78 is 0. The first-order valence-corrected chi connectivity index (χ1v) is 3.39. The predicted octanol–water partition coefficient (Wildman–Crippen LogP) is -1.78. The molecule has 0 saturated carbocycles. The Labute approximate surface area is 69.4 Å². The largest absolute Gasteiger partial charge is 0.380 e. The van der Waals surface area contributed by atoms with Gasteiger partial charge in [0, 0.05) is 6.92 Å². The first-order valence-electron chi connectivity index (χ1n) is 2.87. The SMILES string of the molecule is CC(=O)NC(C(N)=O)C(O)S. The lowest BCUT2D eigenvalue weighted by Gasteiger charge is -2.15. The summed E-state index contributed by atoms with van der Waals surface area (Å²) in [5.41, 5.74) is 3.56. The maximum atomic E-state index is 10.5. The molecule has 0 spiro atoms. The van der Waals surface area contributed by atoms with Crippen LogP contribution in [0.1, 0.15) is 6.92 Å². The molecule has 64 valence electrons. The van der Waals surface area contributed by atoms with Crippen molar-refractivity contribution >= 4 is 24.4 Å². The Kier molecular flexibility index (Phi) is 3.91. The van der Waals surface area contributed by atoms with Gasteiger partial charge in [-0.3, -0.25) is 9.59 Å². The van der Waals surface area contributed by atoms with Gasteiger partial charge in [-0.05, 0) is 0 Å². The predicted molar refractivity (Wildman–Crippen MR) is 41.8 cm³/mol. The van der Waals surface area contributed by atoms with E-state index in [4.69, 9.17) is 10.8 Å². The lowest BCUT2D eigenvalue weighted by Crippen LogP contribution is -2.49. The van der Waals surface area contributed by atoms with E-state index >= 15 is 0 Å². The molecule has 11 heavy (non-hydrogen) atoms. The van der Waals surface area contributed by atoms with Crippen molar-refractivity contribution in [2.75, 3.05) is 0 Å². The summed E-state index contributed by atoms with van der Waals surface area (Å²) in [6, 6.07) is -1.13. The zero-order valence-electron chi connectivity index (χ0n) is 5.94. The molecule has 0 rings (SSSR count). The average Bonchev–Trinajstić information content (AvgIpc) is 1.81. The van der Waals surface area contributed by atoms with E-state index < -0.39 is 23.3 Å². The van der Waals surface area contributed by atoms with Crippen LogP contribution in [0, 0.1) is 0 Å². The Morgan fingerprint density at radius 2 is 2.09 bits per heavy atom. The molecular formula is C5H10N2O3S. The maximum absolute atomic E-state index is 10.5. The van der Waals surface area contributed by atoms with Gasteiger partial charge in [0.15, 0.2) is 0 Å². The molecule has 4 N–H and O–H groups in total. The normalized spacial score (nSPS) is 15.2. The van der Waals surface area contributed by atoms with E-state index in [2.05, 4.69) is 17.9 Å². The summed E-state index contributed by atoms with van der Waals surface area (Å²) in [7, 11) is 0. The van der Waals surface area contributed by atoms with Gasteiger partial charge in [-0.2, -0.15) is 0 Å². The topological polar surface area (TPSA) is 92.4 Å². The van der Waals surface area contributed by atoms with E-state index in [1.165, 1.54) is 6.92 Å². The standard InChI is InChI=1S/C5H10N2O3S/c1-2(8)7-3(4(6)9)5(10)11/h3,5,10-11H,1H3,(H2,6,9)(H,7,8). The third kappa shape index (κ3) is 3.84. The molecule has 0 aromatic carbocycles. The lowest BCUT2D eigenvalue weighted by molar-refractivity contribution is -0.127. The fraction of sp³-hybridized carbons (Fsp3) is 0.600. The molecule has 0 aromatic rings. The number of rotatable bonds is 3. The number of thiol groups is 1. The van der Waals surface area contributed by atoms with Gasteiger partial charge in [0.05, 0.1) is 0 Å². The minimum atomic E-state index is -1.27. The molecule has 6 heteroatoms. The van der Waals surface area contributed by atoms with Crippen molar-refractivity contribution < 1.29 is 14.7 Å². The van der Waals surface area contributed by atoms with Gasteiger partial charge in [0.2, 0.25) is 11.8 Å². The number of nitrogens with one attached hydrogen (secondary N) is 1. The van der Waals surface area contributed by atoms with Crippen LogP contribution in [-0.2, 0) is 9.59 Å². The first kappa shape index (κ1) is 10.2. The van der Waals surface area contributed by atoms with Crippen molar-refractivity contribution in [3.05, 3.63) is 0 Å². The Bertz CT molecular complexity index is 171. The van der Waals surface area contributed by atoms with Crippen LogP contribution in [-0.4, -0.2) is 28.4 Å². The highest BCUT2D eigenvalue weighted by Gasteiger charge is 2.21. The number of aliphatic hydroxyl groups excluding tert-OH is 1. The van der Waals surface area contributed by atoms with Crippen LogP contribution < -0.4 is 11.1 Å². The van der Waals surface area contributed by atoms with Gasteiger partial charge in [-0.15, -0.1) is 12.6 Å². The number of hydrogen-bond donors (Lipinski definition) is 4. The van der Waals surface area contributed by atoms with Crippen LogP contribution in [0.4, 0.5) is 0 Å². The van der Waals surface area contributed by atoms with Crippen LogP contribution in [0.2, 0.25) is 0 Å². The maximum Gasteiger partial charge on any atom is 0.243 e. The second-order valence-electron chi connectivity index (χ2n) is 1.99. The Morgan fingerprint density at radius 1 is 1.64 bits per heavy atom. The van der Waals surface area contributed by atoms with Gasteiger partial charge in [-0.25, -0.2) is 0 Å². The molecule has 2 unspecified atom stereocenters. The fourth-order valence-electron chi connectivity index (χ4n) is 0.512. The summed E-state index contributed by atoms with van der Waals surface area (Å²) in [5.74, 6) is -1.26. The fourth-order valence-corrected chi connectivity index (χ4v) is 0.733. The van der Waals surface area contributed by atoms with Crippen LogP contribution in [0.15, 0.2) is 0 Å². The summed E-state index contributed by atoms with van der Waals surface area (Å²) in [5, 5.41) is 10.9. The molecule has 2 amide bonds. The first-order chi connectivity index (χ1) is 4.95. The van der Waals surface area contributed by atoms with Crippen LogP contribution in [0.25, 0.3) is 0 Å². The highest BCUT2D eigenvalue weighted by atomic mass is 32.1. The number of carbonyl (C=O) groups excluding carboxylic acids is 2. The summed E-state index contributed by atoms with van der Waals surface area (Å²) in [6.45, 7) is 1.21. The van der Waals surface area contributed by atoms with Gasteiger partial charge in [-0.1, -0.05) is 0 Å². The minimum absolute atomic E-state index is 0.443. The molecule has 0 aromatic heterocycles. The van der Waals surface area contributed by atoms with Crippen molar-refractivity contribution in [2.45, 2.75) is 18.4 Å². The van der Waals surface area contributed by atoms with Gasteiger partial charge >= 0.3 is 0 Å². The van der Waals surface area contributed by atoms with Crippen molar-refractivity contribution in [3.8, 4) is 0 Å². The molecule has 0 aliphatic carbocycles. The van der Waals surface area contributed by atoms with E-state index in [9.17, 15) is 9.59 Å². The van der Waals surface area contributed by atoms with E-state index in [1.807, 2.05) is 0 Å². The molecule has 0 fully saturated rings. The van der Waals surface area contributed by atoms with Gasteiger partial charge in [0.1, 0.15) is 11.5 Å². The molecule has 5 nitrogen and oxygen atoms in total. The number of aliphatic hydroxyl groups is 1. The average molecular weight is 178 g/mol. The van der Waals surface area contributed by atoms with Gasteiger partial charge < -0.3 is 16.2 Å². The van der Waals surface area contributed by atoms with Crippen molar-refractivity contribution in [3.63, 3.8) is 0 Å². The second kappa shape index (κ2) is 4.20. The van der Waals surface area contributed by atoms with Crippen molar-refractivity contribution in [1.82, 2.24) is 5.32 Å². The van der Waals surface area contributed by atoms with Crippen LogP contribution >= 0.6 is 12.6 Å². The van der Waals surface area contributed by atoms with E-state index in [0.717, 1.165) is 0 Å². The van der Waals surface area contributed by atoms with E-state index in [1.54, 1.807) is 0 Å². The van der Waals surface area contributed by atoms with Crippen molar-refractivity contribution in [2.24, 2.45) is 5.73 Å². The summed E-state index contributed by atoms with van der Waals surface area (Å²) >= 11 is 3.55. The minimum Gasteiger partial charge on any atom is -0.380 e. The Hall–Kier alpha value is -0.750. The summed E-state index contributed by atoms with van der Waals surface area (Å²) in [6.07, 6.45) is 0. The lowest BCUT2D eigenvalue weighted by atomic mass is 10.3.